The van der Waals surface area contributed by atoms with Crippen LogP contribution >= 0.6 is 23.2 Å². The first-order chi connectivity index (χ1) is 9.98. The van der Waals surface area contributed by atoms with Gasteiger partial charge in [0.05, 0.1) is 23.7 Å². The number of ether oxygens (including phenoxy) is 2. The molecule has 7 heteroatoms. The van der Waals surface area contributed by atoms with Gasteiger partial charge in [-0.25, -0.2) is 0 Å². The highest BCUT2D eigenvalue weighted by Gasteiger charge is 2.95. The van der Waals surface area contributed by atoms with E-state index in [1.807, 2.05) is 6.92 Å². The van der Waals surface area contributed by atoms with Crippen LogP contribution in [0, 0.1) is 16.7 Å². The number of alkyl halides is 2. The van der Waals surface area contributed by atoms with Crippen molar-refractivity contribution >= 4 is 23.2 Å². The van der Waals surface area contributed by atoms with Gasteiger partial charge in [-0.05, 0) is 26.2 Å². The Bertz CT molecular complexity index is 596. The lowest BCUT2D eigenvalue weighted by Gasteiger charge is -2.69. The second-order valence-corrected chi connectivity index (χ2v) is 9.75. The van der Waals surface area contributed by atoms with E-state index in [1.54, 1.807) is 6.92 Å². The zero-order chi connectivity index (χ0) is 16.0. The van der Waals surface area contributed by atoms with E-state index in [9.17, 15) is 15.3 Å². The molecule has 5 nitrogen and oxygen atoms in total. The van der Waals surface area contributed by atoms with Crippen molar-refractivity contribution in [2.75, 3.05) is 6.61 Å². The zero-order valence-electron chi connectivity index (χ0n) is 12.5. The summed E-state index contributed by atoms with van der Waals surface area (Å²) in [7, 11) is 0. The molecule has 0 aromatic rings. The monoisotopic (exact) mass is 350 g/mol. The fourth-order valence-electron chi connectivity index (χ4n) is 6.50. The number of aliphatic hydroxyl groups is 3. The Hall–Kier alpha value is 0.380. The number of halogens is 2. The molecular weight excluding hydrogens is 331 g/mol. The largest absolute Gasteiger partial charge is 0.390 e. The second-order valence-electron chi connectivity index (χ2n) is 8.37. The van der Waals surface area contributed by atoms with Crippen LogP contribution in [-0.2, 0) is 9.47 Å². The van der Waals surface area contributed by atoms with Crippen LogP contribution < -0.4 is 0 Å². The topological polar surface area (TPSA) is 79.2 Å². The van der Waals surface area contributed by atoms with Crippen LogP contribution in [0.4, 0.5) is 0 Å². The van der Waals surface area contributed by atoms with E-state index in [2.05, 4.69) is 0 Å². The minimum Gasteiger partial charge on any atom is -0.390 e. The molecule has 6 fully saturated rings. The molecule has 3 N–H and O–H groups in total. The molecule has 0 amide bonds. The SMILES string of the molecule is C[C@@]12[C@@]34CC[C@](C)(O)[C@H]5C[C@]1(O)[C@H](O[C@H]53)C(Cl)(Cl)[C@]2(O)OC4. The molecule has 6 rings (SSSR count). The average molecular weight is 351 g/mol. The number of hydrogen-bond donors (Lipinski definition) is 3. The van der Waals surface area contributed by atoms with Crippen molar-refractivity contribution in [2.24, 2.45) is 16.7 Å². The number of hydrogen-bond acceptors (Lipinski definition) is 5. The Labute approximate surface area is 138 Å². The molecule has 6 aliphatic rings. The Morgan fingerprint density at radius 1 is 1.09 bits per heavy atom. The van der Waals surface area contributed by atoms with Crippen LogP contribution in [-0.4, -0.2) is 55.5 Å². The smallest absolute Gasteiger partial charge is 0.211 e. The van der Waals surface area contributed by atoms with Gasteiger partial charge in [-0.1, -0.05) is 30.1 Å². The van der Waals surface area contributed by atoms with Gasteiger partial charge in [0.25, 0.3) is 0 Å². The minimum atomic E-state index is -1.86. The molecule has 3 aliphatic carbocycles. The summed E-state index contributed by atoms with van der Waals surface area (Å²) in [4.78, 5) is 0. The normalized spacial score (nSPS) is 70.2. The maximum absolute atomic E-state index is 11.5. The van der Waals surface area contributed by atoms with E-state index in [1.165, 1.54) is 0 Å². The van der Waals surface area contributed by atoms with Crippen LogP contribution in [0.25, 0.3) is 0 Å². The highest BCUT2D eigenvalue weighted by atomic mass is 35.5. The van der Waals surface area contributed by atoms with Gasteiger partial charge in [0.1, 0.15) is 11.7 Å². The second kappa shape index (κ2) is 3.36. The molecule has 0 radical (unpaired) electrons. The molecule has 3 saturated carbocycles. The number of rotatable bonds is 0. The molecule has 6 bridgehead atoms. The average Bonchev–Trinajstić information content (AvgIpc) is 2.71. The molecule has 0 unspecified atom stereocenters. The summed E-state index contributed by atoms with van der Waals surface area (Å²) in [5.41, 5.74) is -3.94. The van der Waals surface area contributed by atoms with Crippen LogP contribution in [0.1, 0.15) is 33.1 Å². The Morgan fingerprint density at radius 2 is 1.77 bits per heavy atom. The Morgan fingerprint density at radius 3 is 2.45 bits per heavy atom. The van der Waals surface area contributed by atoms with Gasteiger partial charge in [-0.15, -0.1) is 0 Å². The van der Waals surface area contributed by atoms with Crippen molar-refractivity contribution < 1.29 is 24.8 Å². The fraction of sp³-hybridized carbons (Fsp3) is 1.00. The summed E-state index contributed by atoms with van der Waals surface area (Å²) in [5, 5.41) is 33.5. The van der Waals surface area contributed by atoms with E-state index < -0.39 is 38.3 Å². The molecule has 0 aromatic heterocycles. The highest BCUT2D eigenvalue weighted by Crippen LogP contribution is 2.83. The molecular formula is C15H20Cl2O5. The van der Waals surface area contributed by atoms with Crippen molar-refractivity contribution in [1.82, 2.24) is 0 Å². The first-order valence-corrected chi connectivity index (χ1v) is 8.58. The molecule has 124 valence electrons. The van der Waals surface area contributed by atoms with Crippen LogP contribution in [0.15, 0.2) is 0 Å². The van der Waals surface area contributed by atoms with Crippen LogP contribution in [0.5, 0.6) is 0 Å². The van der Waals surface area contributed by atoms with Gasteiger partial charge in [0.15, 0.2) is 0 Å². The van der Waals surface area contributed by atoms with Gasteiger partial charge in [-0.3, -0.25) is 0 Å². The van der Waals surface area contributed by atoms with Gasteiger partial charge in [-0.2, -0.15) is 0 Å². The summed E-state index contributed by atoms with van der Waals surface area (Å²) in [5.74, 6) is -2.07. The molecule has 8 atom stereocenters. The Kier molecular flexibility index (Phi) is 2.25. The molecule has 3 aliphatic heterocycles. The lowest BCUT2D eigenvalue weighted by atomic mass is 9.40. The molecule has 1 spiro atoms. The van der Waals surface area contributed by atoms with Crippen molar-refractivity contribution in [2.45, 2.75) is 66.6 Å². The third-order valence-corrected chi connectivity index (χ3v) is 8.80. The third kappa shape index (κ3) is 1.00. The molecule has 3 saturated heterocycles. The van der Waals surface area contributed by atoms with E-state index in [4.69, 9.17) is 32.7 Å². The van der Waals surface area contributed by atoms with Gasteiger partial charge in [0.2, 0.25) is 10.1 Å². The summed E-state index contributed by atoms with van der Waals surface area (Å²) in [6, 6.07) is 0. The third-order valence-electron chi connectivity index (χ3n) is 7.89. The van der Waals surface area contributed by atoms with Crippen molar-refractivity contribution in [3.63, 3.8) is 0 Å². The first-order valence-electron chi connectivity index (χ1n) is 7.82. The fourth-order valence-corrected chi connectivity index (χ4v) is 7.45. The Balaban J connectivity index is 1.83. The molecule has 22 heavy (non-hydrogen) atoms. The van der Waals surface area contributed by atoms with Crippen molar-refractivity contribution in [3.05, 3.63) is 0 Å². The van der Waals surface area contributed by atoms with E-state index in [0.29, 0.717) is 19.3 Å². The maximum Gasteiger partial charge on any atom is 0.211 e. The van der Waals surface area contributed by atoms with Crippen molar-refractivity contribution in [1.29, 1.82) is 0 Å². The van der Waals surface area contributed by atoms with Gasteiger partial charge >= 0.3 is 0 Å². The van der Waals surface area contributed by atoms with Crippen molar-refractivity contribution in [3.8, 4) is 0 Å². The predicted molar refractivity (Wildman–Crippen MR) is 77.5 cm³/mol. The van der Waals surface area contributed by atoms with Gasteiger partial charge < -0.3 is 24.8 Å². The predicted octanol–water partition coefficient (Wildman–Crippen LogP) is 0.949. The molecule has 3 heterocycles. The van der Waals surface area contributed by atoms with E-state index in [0.717, 1.165) is 0 Å². The van der Waals surface area contributed by atoms with E-state index in [-0.39, 0.29) is 18.6 Å². The summed E-state index contributed by atoms with van der Waals surface area (Å²) in [6.45, 7) is 3.84. The minimum absolute atomic E-state index is 0.219. The standard InChI is InChI=1S/C15H20Cl2O5/c1-10(18)3-4-12-6-21-15(20)11(12,2)13(19)5-7(10)8(12)22-9(13)14(15,16)17/h7-9,18-20H,3-6H2,1-2H3/t7-,8+,9-,10-,11+,12+,13-,15+/m0/s1. The highest BCUT2D eigenvalue weighted by molar-refractivity contribution is 6.50. The zero-order valence-corrected chi connectivity index (χ0v) is 14.0. The first kappa shape index (κ1) is 14.7. The van der Waals surface area contributed by atoms with E-state index >= 15 is 0 Å². The lowest BCUT2D eigenvalue weighted by molar-refractivity contribution is -0.365. The summed E-state index contributed by atoms with van der Waals surface area (Å²) >= 11 is 13.0. The molecule has 0 aromatic carbocycles. The lowest BCUT2D eigenvalue weighted by Crippen LogP contribution is -2.79. The summed E-state index contributed by atoms with van der Waals surface area (Å²) in [6.07, 6.45) is 0.222. The quantitative estimate of drug-likeness (QED) is 0.567. The van der Waals surface area contributed by atoms with Crippen LogP contribution in [0.2, 0.25) is 0 Å². The van der Waals surface area contributed by atoms with Gasteiger partial charge in [0, 0.05) is 11.3 Å². The van der Waals surface area contributed by atoms with Crippen LogP contribution in [0.3, 0.4) is 0 Å². The maximum atomic E-state index is 11.5. The summed E-state index contributed by atoms with van der Waals surface area (Å²) < 4.78 is 10.2.